The van der Waals surface area contributed by atoms with Crippen LogP contribution >= 0.6 is 0 Å². The smallest absolute Gasteiger partial charge is 0.128 e. The fourth-order valence-electron chi connectivity index (χ4n) is 3.57. The molecule has 32 heavy (non-hydrogen) atoms. The third-order valence-corrected chi connectivity index (χ3v) is 5.26. The number of phenolic OH excluding ortho intramolecular Hbond substituents is 2. The summed E-state index contributed by atoms with van der Waals surface area (Å²) in [6.45, 7) is 2.79. The third-order valence-electron chi connectivity index (χ3n) is 5.26. The first kappa shape index (κ1) is 24.4. The Morgan fingerprint density at radius 2 is 0.875 bits per heavy atom. The second-order valence-corrected chi connectivity index (χ2v) is 7.43. The molecule has 0 bridgehead atoms. The lowest BCUT2D eigenvalue weighted by molar-refractivity contribution is 0.273. The predicted molar refractivity (Wildman–Crippen MR) is 119 cm³/mol. The van der Waals surface area contributed by atoms with Crippen molar-refractivity contribution in [1.82, 2.24) is 9.80 Å². The fraction of sp³-hybridized carbons (Fsp3) is 0.417. The topological polar surface area (TPSA) is 142 Å². The van der Waals surface area contributed by atoms with Gasteiger partial charge in [-0.25, -0.2) is 0 Å². The zero-order chi connectivity index (χ0) is 23.3. The molecule has 2 aromatic rings. The van der Waals surface area contributed by atoms with Crippen LogP contribution < -0.4 is 0 Å². The van der Waals surface area contributed by atoms with Crippen LogP contribution in [0, 0.1) is 45.3 Å². The maximum Gasteiger partial charge on any atom is 0.128 e. The Balaban J connectivity index is 2.29. The van der Waals surface area contributed by atoms with E-state index >= 15 is 0 Å². The second kappa shape index (κ2) is 12.8. The van der Waals surface area contributed by atoms with Crippen LogP contribution in [0.5, 0.6) is 11.5 Å². The van der Waals surface area contributed by atoms with Crippen LogP contribution in [0.1, 0.15) is 36.8 Å². The number of hydrogen-bond acceptors (Lipinski definition) is 8. The Hall–Kier alpha value is -3.82. The van der Waals surface area contributed by atoms with Gasteiger partial charge in [0.05, 0.1) is 24.3 Å². The molecular formula is C24H26N6O2. The van der Waals surface area contributed by atoms with Crippen molar-refractivity contribution < 1.29 is 10.2 Å². The molecule has 0 saturated carbocycles. The zero-order valence-electron chi connectivity index (χ0n) is 18.0. The average molecular weight is 431 g/mol. The van der Waals surface area contributed by atoms with E-state index in [2.05, 4.69) is 24.3 Å². The summed E-state index contributed by atoms with van der Waals surface area (Å²) in [5.41, 5.74) is 1.32. The van der Waals surface area contributed by atoms with Gasteiger partial charge in [0.2, 0.25) is 0 Å². The Labute approximate surface area is 188 Å². The van der Waals surface area contributed by atoms with Crippen LogP contribution in [0.25, 0.3) is 10.8 Å². The zero-order valence-corrected chi connectivity index (χ0v) is 18.0. The van der Waals surface area contributed by atoms with E-state index in [1.54, 1.807) is 24.3 Å². The van der Waals surface area contributed by atoms with Crippen LogP contribution in [0.15, 0.2) is 24.3 Å². The van der Waals surface area contributed by atoms with Gasteiger partial charge >= 0.3 is 0 Å². The van der Waals surface area contributed by atoms with Crippen LogP contribution in [0.2, 0.25) is 0 Å². The lowest BCUT2D eigenvalue weighted by Gasteiger charge is -2.22. The highest BCUT2D eigenvalue weighted by atomic mass is 16.3. The minimum atomic E-state index is 0.0640. The van der Waals surface area contributed by atoms with E-state index in [1.165, 1.54) is 0 Å². The monoisotopic (exact) mass is 430 g/mol. The van der Waals surface area contributed by atoms with Crippen molar-refractivity contribution >= 4 is 10.8 Å². The Kier molecular flexibility index (Phi) is 9.76. The molecule has 2 aromatic carbocycles. The summed E-state index contributed by atoms with van der Waals surface area (Å²) in [5.74, 6) is 0.128. The summed E-state index contributed by atoms with van der Waals surface area (Å²) in [4.78, 5) is 3.90. The summed E-state index contributed by atoms with van der Waals surface area (Å²) in [5, 5.41) is 58.1. The van der Waals surface area contributed by atoms with Gasteiger partial charge in [0.1, 0.15) is 11.5 Å². The van der Waals surface area contributed by atoms with Gasteiger partial charge in [-0.3, -0.25) is 9.80 Å². The molecule has 0 saturated heterocycles. The van der Waals surface area contributed by atoms with E-state index in [4.69, 9.17) is 21.0 Å². The molecule has 0 aliphatic heterocycles. The highest BCUT2D eigenvalue weighted by Crippen LogP contribution is 2.37. The van der Waals surface area contributed by atoms with Crippen LogP contribution in [0.3, 0.4) is 0 Å². The van der Waals surface area contributed by atoms with Crippen molar-refractivity contribution in [2.45, 2.75) is 38.8 Å². The Bertz CT molecular complexity index is 964. The number of hydrogen-bond donors (Lipinski definition) is 2. The number of nitrogens with zero attached hydrogens (tertiary/aromatic N) is 6. The van der Waals surface area contributed by atoms with Crippen molar-refractivity contribution in [2.24, 2.45) is 0 Å². The summed E-state index contributed by atoms with van der Waals surface area (Å²) < 4.78 is 0. The first-order valence-corrected chi connectivity index (χ1v) is 10.4. The van der Waals surface area contributed by atoms with Crippen LogP contribution in [-0.4, -0.2) is 46.2 Å². The van der Waals surface area contributed by atoms with Crippen LogP contribution in [-0.2, 0) is 13.1 Å². The maximum absolute atomic E-state index is 10.8. The molecule has 0 atom stereocenters. The van der Waals surface area contributed by atoms with E-state index < -0.39 is 0 Å². The van der Waals surface area contributed by atoms with Crippen molar-refractivity contribution in [1.29, 1.82) is 21.0 Å². The average Bonchev–Trinajstić information content (AvgIpc) is 2.80. The van der Waals surface area contributed by atoms with E-state index in [1.807, 2.05) is 9.80 Å². The highest BCUT2D eigenvalue weighted by molar-refractivity contribution is 5.94. The first-order chi connectivity index (χ1) is 15.5. The second-order valence-electron chi connectivity index (χ2n) is 7.43. The van der Waals surface area contributed by atoms with E-state index in [0.29, 0.717) is 86.9 Å². The molecule has 0 fully saturated rings. The minimum Gasteiger partial charge on any atom is -0.507 e. The lowest BCUT2D eigenvalue weighted by atomic mass is 10.0. The highest BCUT2D eigenvalue weighted by Gasteiger charge is 2.16. The molecule has 8 heteroatoms. The van der Waals surface area contributed by atoms with Gasteiger partial charge in [-0.1, -0.05) is 24.3 Å². The molecular weight excluding hydrogens is 404 g/mol. The SMILES string of the molecule is N#CCCN(CCC#N)Cc1ccc2c(O)c(CN(CCC#N)CCC#N)ccc2c1O. The molecule has 0 aliphatic carbocycles. The maximum atomic E-state index is 10.8. The Morgan fingerprint density at radius 1 is 0.562 bits per heavy atom. The van der Waals surface area contributed by atoms with Crippen molar-refractivity contribution in [3.63, 3.8) is 0 Å². The van der Waals surface area contributed by atoms with Gasteiger partial charge in [-0.2, -0.15) is 21.0 Å². The largest absolute Gasteiger partial charge is 0.507 e. The standard InChI is InChI=1S/C24H26N6O2/c25-9-1-13-29(14-2-10-26)17-19-5-7-22-21(23(19)31)8-6-20(24(22)32)18-30(15-3-11-27)16-4-12-28/h5-8,31-32H,1-4,13-18H2. The van der Waals surface area contributed by atoms with Crippen molar-refractivity contribution in [3.05, 3.63) is 35.4 Å². The molecule has 164 valence electrons. The minimum absolute atomic E-state index is 0.0640. The number of fused-ring (bicyclic) bond motifs is 1. The number of nitriles is 4. The van der Waals surface area contributed by atoms with Gasteiger partial charge in [0.15, 0.2) is 0 Å². The van der Waals surface area contributed by atoms with E-state index in [-0.39, 0.29) is 11.5 Å². The van der Waals surface area contributed by atoms with Gasteiger partial charge < -0.3 is 10.2 Å². The molecule has 2 rings (SSSR count). The quantitative estimate of drug-likeness (QED) is 0.521. The fourth-order valence-corrected chi connectivity index (χ4v) is 3.57. The summed E-state index contributed by atoms with van der Waals surface area (Å²) in [6, 6.07) is 15.4. The predicted octanol–water partition coefficient (Wildman–Crippen LogP) is 3.51. The molecule has 0 heterocycles. The van der Waals surface area contributed by atoms with Gasteiger partial charge in [-0.15, -0.1) is 0 Å². The molecule has 0 aliphatic rings. The van der Waals surface area contributed by atoms with Crippen LogP contribution in [0.4, 0.5) is 0 Å². The third kappa shape index (κ3) is 6.59. The summed E-state index contributed by atoms with van der Waals surface area (Å²) in [6.07, 6.45) is 1.33. The van der Waals surface area contributed by atoms with E-state index in [0.717, 1.165) is 0 Å². The molecule has 0 spiro atoms. The number of aromatic hydroxyl groups is 2. The number of rotatable bonds is 12. The normalized spacial score (nSPS) is 10.6. The molecule has 0 amide bonds. The molecule has 8 nitrogen and oxygen atoms in total. The first-order valence-electron chi connectivity index (χ1n) is 10.4. The van der Waals surface area contributed by atoms with Gasteiger partial charge in [0.25, 0.3) is 0 Å². The summed E-state index contributed by atoms with van der Waals surface area (Å²) in [7, 11) is 0. The molecule has 2 N–H and O–H groups in total. The van der Waals surface area contributed by atoms with Gasteiger partial charge in [0, 0.05) is 86.9 Å². The number of benzene rings is 2. The van der Waals surface area contributed by atoms with Crippen molar-refractivity contribution in [3.8, 4) is 35.8 Å². The molecule has 0 unspecified atom stereocenters. The van der Waals surface area contributed by atoms with Crippen molar-refractivity contribution in [2.75, 3.05) is 26.2 Å². The molecule has 0 aromatic heterocycles. The van der Waals surface area contributed by atoms with Gasteiger partial charge in [-0.05, 0) is 0 Å². The summed E-state index contributed by atoms with van der Waals surface area (Å²) >= 11 is 0. The number of phenols is 2. The van der Waals surface area contributed by atoms with E-state index in [9.17, 15) is 10.2 Å². The Morgan fingerprint density at radius 3 is 1.16 bits per heavy atom. The molecule has 0 radical (unpaired) electrons. The lowest BCUT2D eigenvalue weighted by Crippen LogP contribution is -2.25.